The first-order valence-corrected chi connectivity index (χ1v) is 15.1. The summed E-state index contributed by atoms with van der Waals surface area (Å²) in [5.74, 6) is -1.03. The lowest BCUT2D eigenvalue weighted by atomic mass is 9.80. The van der Waals surface area contributed by atoms with Crippen molar-refractivity contribution < 1.29 is 19.1 Å². The maximum Gasteiger partial charge on any atom is 0.332 e. The number of carbonyl (C=O) groups is 3. The van der Waals surface area contributed by atoms with Crippen molar-refractivity contribution in [2.24, 2.45) is 0 Å². The van der Waals surface area contributed by atoms with Crippen molar-refractivity contribution in [3.05, 3.63) is 99.5 Å². The van der Waals surface area contributed by atoms with Gasteiger partial charge in [0.1, 0.15) is 5.54 Å². The van der Waals surface area contributed by atoms with Gasteiger partial charge in [0, 0.05) is 48.6 Å². The van der Waals surface area contributed by atoms with Crippen LogP contribution in [0, 0.1) is 11.3 Å². The van der Waals surface area contributed by atoms with Crippen LogP contribution in [-0.4, -0.2) is 59.5 Å². The number of hydrogen-bond acceptors (Lipinski definition) is 6. The Morgan fingerprint density at radius 3 is 2.37 bits per heavy atom. The van der Waals surface area contributed by atoms with Crippen LogP contribution in [0.2, 0.25) is 10.0 Å². The molecule has 0 unspecified atom stereocenters. The molecule has 2 aliphatic rings. The van der Waals surface area contributed by atoms with Crippen molar-refractivity contribution in [2.75, 3.05) is 31.1 Å². The molecular formula is C33H32Cl2N4O4. The van der Waals surface area contributed by atoms with E-state index in [-0.39, 0.29) is 30.8 Å². The zero-order chi connectivity index (χ0) is 30.6. The number of likely N-dealkylation sites (tertiary alicyclic amines) is 1. The summed E-state index contributed by atoms with van der Waals surface area (Å²) in [5.41, 5.74) is 1.53. The Labute approximate surface area is 261 Å². The Kier molecular flexibility index (Phi) is 9.36. The summed E-state index contributed by atoms with van der Waals surface area (Å²) in [7, 11) is 0. The molecule has 5 rings (SSSR count). The third kappa shape index (κ3) is 6.25. The molecule has 3 aromatic rings. The van der Waals surface area contributed by atoms with Gasteiger partial charge in [-0.3, -0.25) is 14.5 Å². The predicted octanol–water partition coefficient (Wildman–Crippen LogP) is 6.41. The SMILES string of the molecule is CCOC(=O)CCCCN1C(=O)N(c2cc(Cl)cc(Cl)c2)C(=O)[C@]12CN(Cc1ccccc1)C[C@@H]2c1ccc(C#N)cc1. The third-order valence-corrected chi connectivity index (χ3v) is 8.51. The fraction of sp³-hybridized carbons (Fsp3) is 0.333. The minimum Gasteiger partial charge on any atom is -0.466 e. The average Bonchev–Trinajstić information content (AvgIpc) is 3.45. The Morgan fingerprint density at radius 2 is 1.72 bits per heavy atom. The first-order valence-electron chi connectivity index (χ1n) is 14.3. The Morgan fingerprint density at radius 1 is 1.02 bits per heavy atom. The number of esters is 1. The van der Waals surface area contributed by atoms with Crippen LogP contribution in [0.1, 0.15) is 48.8 Å². The number of hydrogen-bond donors (Lipinski definition) is 0. The van der Waals surface area contributed by atoms with E-state index in [1.54, 1.807) is 42.2 Å². The number of nitriles is 1. The van der Waals surface area contributed by atoms with Crippen LogP contribution < -0.4 is 4.90 Å². The van der Waals surface area contributed by atoms with E-state index in [0.29, 0.717) is 60.4 Å². The molecule has 3 amide bonds. The van der Waals surface area contributed by atoms with Crippen molar-refractivity contribution in [1.29, 1.82) is 5.26 Å². The number of benzene rings is 3. The molecule has 2 heterocycles. The first kappa shape index (κ1) is 30.6. The number of unbranched alkanes of at least 4 members (excludes halogenated alkanes) is 1. The summed E-state index contributed by atoms with van der Waals surface area (Å²) in [5, 5.41) is 10.0. The fourth-order valence-corrected chi connectivity index (χ4v) is 6.71. The fourth-order valence-electron chi connectivity index (χ4n) is 6.20. The average molecular weight is 620 g/mol. The molecule has 0 radical (unpaired) electrons. The van der Waals surface area contributed by atoms with Gasteiger partial charge in [-0.15, -0.1) is 0 Å². The van der Waals surface area contributed by atoms with Crippen molar-refractivity contribution >= 4 is 46.8 Å². The van der Waals surface area contributed by atoms with Gasteiger partial charge in [-0.25, -0.2) is 9.69 Å². The van der Waals surface area contributed by atoms with Crippen LogP contribution in [0.15, 0.2) is 72.8 Å². The summed E-state index contributed by atoms with van der Waals surface area (Å²) in [6.07, 6.45) is 1.23. The predicted molar refractivity (Wildman–Crippen MR) is 165 cm³/mol. The molecule has 1 spiro atoms. The first-order chi connectivity index (χ1) is 20.8. The van der Waals surface area contributed by atoms with Crippen molar-refractivity contribution in [3.8, 4) is 6.07 Å². The molecule has 0 aromatic heterocycles. The van der Waals surface area contributed by atoms with E-state index in [1.165, 1.54) is 4.90 Å². The molecular weight excluding hydrogens is 587 g/mol. The van der Waals surface area contributed by atoms with Crippen LogP contribution in [0.25, 0.3) is 0 Å². The lowest BCUT2D eigenvalue weighted by molar-refractivity contribution is -0.143. The largest absolute Gasteiger partial charge is 0.466 e. The van der Waals surface area contributed by atoms with Crippen LogP contribution in [-0.2, 0) is 20.9 Å². The number of ether oxygens (including phenoxy) is 1. The quantitative estimate of drug-likeness (QED) is 0.148. The molecule has 3 aromatic carbocycles. The third-order valence-electron chi connectivity index (χ3n) is 8.07. The number of urea groups is 1. The molecule has 0 saturated carbocycles. The van der Waals surface area contributed by atoms with Gasteiger partial charge in [-0.2, -0.15) is 5.26 Å². The highest BCUT2D eigenvalue weighted by Gasteiger charge is 2.65. The zero-order valence-corrected chi connectivity index (χ0v) is 25.4. The standard InChI is InChI=1S/C33H32Cl2N4O4/c1-2-43-30(40)10-6-7-15-38-32(42)39(28-17-26(34)16-27(35)18-28)31(41)33(38)22-37(20-24-8-4-3-5-9-24)21-29(33)25-13-11-23(19-36)12-14-25/h3-5,8-9,11-14,16-18,29H,2,6-7,10,15,20-22H2,1H3/t29-,33-/m1/s1. The Bertz CT molecular complexity index is 1520. The highest BCUT2D eigenvalue weighted by Crippen LogP contribution is 2.48. The molecule has 2 aliphatic heterocycles. The molecule has 0 bridgehead atoms. The normalized spacial score (nSPS) is 20.2. The van der Waals surface area contributed by atoms with Crippen molar-refractivity contribution in [3.63, 3.8) is 0 Å². The molecule has 10 heteroatoms. The molecule has 0 aliphatic carbocycles. The number of anilines is 1. The zero-order valence-electron chi connectivity index (χ0n) is 23.8. The monoisotopic (exact) mass is 618 g/mol. The number of carbonyl (C=O) groups excluding carboxylic acids is 3. The number of halogens is 2. The number of nitrogens with zero attached hydrogens (tertiary/aromatic N) is 4. The maximum atomic E-state index is 14.7. The van der Waals surface area contributed by atoms with Crippen LogP contribution in [0.4, 0.5) is 10.5 Å². The van der Waals surface area contributed by atoms with Gasteiger partial charge in [0.15, 0.2) is 0 Å². The smallest absolute Gasteiger partial charge is 0.332 e. The molecule has 43 heavy (non-hydrogen) atoms. The van der Waals surface area contributed by atoms with Gasteiger partial charge in [0.25, 0.3) is 5.91 Å². The van der Waals surface area contributed by atoms with Gasteiger partial charge in [-0.1, -0.05) is 65.7 Å². The number of imide groups is 1. The topological polar surface area (TPSA) is 93.9 Å². The van der Waals surface area contributed by atoms with E-state index in [9.17, 15) is 19.6 Å². The van der Waals surface area contributed by atoms with E-state index < -0.39 is 11.6 Å². The van der Waals surface area contributed by atoms with Crippen molar-refractivity contribution in [2.45, 2.75) is 44.2 Å². The second-order valence-corrected chi connectivity index (χ2v) is 11.7. The summed E-state index contributed by atoms with van der Waals surface area (Å²) >= 11 is 12.6. The van der Waals surface area contributed by atoms with Gasteiger partial charge >= 0.3 is 12.0 Å². The van der Waals surface area contributed by atoms with Gasteiger partial charge in [-0.05, 0) is 61.2 Å². The molecule has 0 N–H and O–H groups in total. The summed E-state index contributed by atoms with van der Waals surface area (Å²) in [4.78, 5) is 46.0. The van der Waals surface area contributed by atoms with E-state index in [2.05, 4.69) is 11.0 Å². The minimum absolute atomic E-state index is 0.226. The van der Waals surface area contributed by atoms with Crippen LogP contribution >= 0.6 is 23.2 Å². The van der Waals surface area contributed by atoms with Gasteiger partial charge < -0.3 is 9.64 Å². The molecule has 222 valence electrons. The van der Waals surface area contributed by atoms with E-state index in [0.717, 1.165) is 11.1 Å². The number of rotatable bonds is 10. The molecule has 2 atom stereocenters. The highest BCUT2D eigenvalue weighted by atomic mass is 35.5. The molecule has 2 saturated heterocycles. The molecule has 2 fully saturated rings. The second kappa shape index (κ2) is 13.2. The summed E-state index contributed by atoms with van der Waals surface area (Å²) in [6, 6.07) is 23.6. The number of amides is 3. The molecule has 8 nitrogen and oxygen atoms in total. The Hall–Kier alpha value is -3.90. The highest BCUT2D eigenvalue weighted by molar-refractivity contribution is 6.35. The van der Waals surface area contributed by atoms with Gasteiger partial charge in [0.05, 0.1) is 23.9 Å². The van der Waals surface area contributed by atoms with Crippen LogP contribution in [0.3, 0.4) is 0 Å². The minimum atomic E-state index is -1.24. The van der Waals surface area contributed by atoms with Crippen molar-refractivity contribution in [1.82, 2.24) is 9.80 Å². The van der Waals surface area contributed by atoms with E-state index >= 15 is 0 Å². The maximum absolute atomic E-state index is 14.7. The summed E-state index contributed by atoms with van der Waals surface area (Å²) < 4.78 is 5.07. The van der Waals surface area contributed by atoms with E-state index in [4.69, 9.17) is 27.9 Å². The second-order valence-electron chi connectivity index (χ2n) is 10.8. The van der Waals surface area contributed by atoms with Gasteiger partial charge in [0.2, 0.25) is 0 Å². The Balaban J connectivity index is 1.56. The lowest BCUT2D eigenvalue weighted by Crippen LogP contribution is -2.55. The van der Waals surface area contributed by atoms with E-state index in [1.807, 2.05) is 42.5 Å². The lowest BCUT2D eigenvalue weighted by Gasteiger charge is -2.36. The van der Waals surface area contributed by atoms with Crippen LogP contribution in [0.5, 0.6) is 0 Å². The summed E-state index contributed by atoms with van der Waals surface area (Å²) in [6.45, 7) is 3.75.